The van der Waals surface area contributed by atoms with Gasteiger partial charge in [-0.05, 0) is 30.7 Å². The number of nitrogens with one attached hydrogen (secondary N) is 2. The molecule has 1 amide bonds. The third kappa shape index (κ3) is 3.14. The average molecular weight is 286 g/mol. The minimum absolute atomic E-state index is 0.0805. The lowest BCUT2D eigenvalue weighted by molar-refractivity contribution is -0.383. The molecule has 2 N–H and O–H groups in total. The van der Waals surface area contributed by atoms with Crippen molar-refractivity contribution in [1.82, 2.24) is 4.98 Å². The Morgan fingerprint density at radius 2 is 2.10 bits per heavy atom. The molecule has 0 aliphatic rings. The first-order valence-electron chi connectivity index (χ1n) is 6.22. The van der Waals surface area contributed by atoms with Crippen molar-refractivity contribution in [2.24, 2.45) is 0 Å². The maximum absolute atomic E-state index is 12.2. The van der Waals surface area contributed by atoms with Gasteiger partial charge in [0.25, 0.3) is 11.6 Å². The van der Waals surface area contributed by atoms with Gasteiger partial charge in [-0.25, -0.2) is 4.98 Å². The number of nitro benzene ring substituents is 1. The Kier molecular flexibility index (Phi) is 4.13. The van der Waals surface area contributed by atoms with E-state index < -0.39 is 4.92 Å². The number of aromatic nitrogens is 1. The Morgan fingerprint density at radius 1 is 1.33 bits per heavy atom. The lowest BCUT2D eigenvalue weighted by atomic mass is 10.1. The molecule has 0 atom stereocenters. The fourth-order valence-corrected chi connectivity index (χ4v) is 1.83. The van der Waals surface area contributed by atoms with Gasteiger partial charge in [0.2, 0.25) is 0 Å². The second kappa shape index (κ2) is 6.00. The number of benzene rings is 1. The Bertz CT molecular complexity index is 700. The van der Waals surface area contributed by atoms with Crippen molar-refractivity contribution in [3.8, 4) is 0 Å². The summed E-state index contributed by atoms with van der Waals surface area (Å²) < 4.78 is 0. The zero-order valence-electron chi connectivity index (χ0n) is 11.6. The monoisotopic (exact) mass is 286 g/mol. The van der Waals surface area contributed by atoms with E-state index in [9.17, 15) is 14.9 Å². The fourth-order valence-electron chi connectivity index (χ4n) is 1.83. The first kappa shape index (κ1) is 14.4. The summed E-state index contributed by atoms with van der Waals surface area (Å²) >= 11 is 0. The van der Waals surface area contributed by atoms with Crippen molar-refractivity contribution in [2.75, 3.05) is 17.7 Å². The number of nitrogens with zero attached hydrogens (tertiary/aromatic N) is 2. The highest BCUT2D eigenvalue weighted by atomic mass is 16.6. The predicted molar refractivity (Wildman–Crippen MR) is 79.6 cm³/mol. The van der Waals surface area contributed by atoms with Gasteiger partial charge in [0.1, 0.15) is 11.5 Å². The van der Waals surface area contributed by atoms with Crippen molar-refractivity contribution >= 4 is 23.1 Å². The molecular formula is C14H14N4O3. The number of rotatable bonds is 4. The number of pyridine rings is 1. The summed E-state index contributed by atoms with van der Waals surface area (Å²) in [5.74, 6) is 0.0926. The lowest BCUT2D eigenvalue weighted by Gasteiger charge is -2.08. The number of carbonyl (C=O) groups excluding carboxylic acids is 1. The summed E-state index contributed by atoms with van der Waals surface area (Å²) in [7, 11) is 1.56. The van der Waals surface area contributed by atoms with Crippen LogP contribution in [-0.4, -0.2) is 22.9 Å². The highest BCUT2D eigenvalue weighted by Crippen LogP contribution is 2.25. The summed E-state index contributed by atoms with van der Waals surface area (Å²) in [5.41, 5.74) is 1.35. The van der Waals surface area contributed by atoms with E-state index in [4.69, 9.17) is 0 Å². The minimum atomic E-state index is -0.504. The smallest absolute Gasteiger partial charge is 0.292 e. The van der Waals surface area contributed by atoms with Crippen LogP contribution in [0.1, 0.15) is 15.9 Å². The molecule has 2 rings (SSSR count). The molecule has 108 valence electrons. The minimum Gasteiger partial charge on any atom is -0.383 e. The SMILES string of the molecule is CNc1cc(C(=O)Nc2ncccc2C)ccc1[N+](=O)[O-]. The summed E-state index contributed by atoms with van der Waals surface area (Å²) in [6.07, 6.45) is 1.58. The predicted octanol–water partition coefficient (Wildman–Crippen LogP) is 2.59. The molecule has 0 aliphatic heterocycles. The van der Waals surface area contributed by atoms with Gasteiger partial charge in [-0.2, -0.15) is 0 Å². The number of hydrogen-bond donors (Lipinski definition) is 2. The Hall–Kier alpha value is -2.96. The van der Waals surface area contributed by atoms with E-state index in [1.165, 1.54) is 18.2 Å². The van der Waals surface area contributed by atoms with Crippen molar-refractivity contribution in [3.63, 3.8) is 0 Å². The summed E-state index contributed by atoms with van der Waals surface area (Å²) in [6, 6.07) is 7.75. The zero-order valence-corrected chi connectivity index (χ0v) is 11.6. The normalized spacial score (nSPS) is 10.0. The van der Waals surface area contributed by atoms with Gasteiger partial charge in [0, 0.05) is 24.9 Å². The highest BCUT2D eigenvalue weighted by molar-refractivity contribution is 6.05. The number of carbonyl (C=O) groups is 1. The van der Waals surface area contributed by atoms with E-state index in [0.29, 0.717) is 11.4 Å². The molecule has 0 aliphatic carbocycles. The van der Waals surface area contributed by atoms with E-state index in [1.54, 1.807) is 19.3 Å². The van der Waals surface area contributed by atoms with Crippen LogP contribution in [0, 0.1) is 17.0 Å². The Morgan fingerprint density at radius 3 is 2.71 bits per heavy atom. The van der Waals surface area contributed by atoms with Gasteiger partial charge >= 0.3 is 0 Å². The van der Waals surface area contributed by atoms with Crippen molar-refractivity contribution in [3.05, 3.63) is 57.8 Å². The lowest BCUT2D eigenvalue weighted by Crippen LogP contribution is -2.14. The van der Waals surface area contributed by atoms with Crippen molar-refractivity contribution < 1.29 is 9.72 Å². The molecule has 0 spiro atoms. The average Bonchev–Trinajstić information content (AvgIpc) is 2.48. The zero-order chi connectivity index (χ0) is 15.4. The van der Waals surface area contributed by atoms with Crippen LogP contribution in [0.4, 0.5) is 17.2 Å². The van der Waals surface area contributed by atoms with Crippen LogP contribution in [0.25, 0.3) is 0 Å². The van der Waals surface area contributed by atoms with Crippen LogP contribution >= 0.6 is 0 Å². The molecular weight excluding hydrogens is 272 g/mol. The molecule has 1 aromatic carbocycles. The molecule has 0 unspecified atom stereocenters. The largest absolute Gasteiger partial charge is 0.383 e. The molecule has 0 fully saturated rings. The van der Waals surface area contributed by atoms with Crippen molar-refractivity contribution in [2.45, 2.75) is 6.92 Å². The first-order chi connectivity index (χ1) is 10.0. The van der Waals surface area contributed by atoms with Gasteiger partial charge in [0.05, 0.1) is 4.92 Å². The van der Waals surface area contributed by atoms with Gasteiger partial charge in [-0.15, -0.1) is 0 Å². The highest BCUT2D eigenvalue weighted by Gasteiger charge is 2.16. The molecule has 7 heteroatoms. The molecule has 7 nitrogen and oxygen atoms in total. The van der Waals surface area contributed by atoms with E-state index in [2.05, 4.69) is 15.6 Å². The number of aryl methyl sites for hydroxylation is 1. The maximum Gasteiger partial charge on any atom is 0.292 e. The van der Waals surface area contributed by atoms with Crippen molar-refractivity contribution in [1.29, 1.82) is 0 Å². The van der Waals surface area contributed by atoms with Gasteiger partial charge < -0.3 is 10.6 Å². The van der Waals surface area contributed by atoms with Gasteiger partial charge in [0.15, 0.2) is 0 Å². The second-order valence-electron chi connectivity index (χ2n) is 4.36. The van der Waals surface area contributed by atoms with Crippen LogP contribution in [0.3, 0.4) is 0 Å². The van der Waals surface area contributed by atoms with E-state index >= 15 is 0 Å². The van der Waals surface area contributed by atoms with E-state index in [-0.39, 0.29) is 17.3 Å². The molecule has 1 aromatic heterocycles. The van der Waals surface area contributed by atoms with Gasteiger partial charge in [-0.3, -0.25) is 14.9 Å². The van der Waals surface area contributed by atoms with E-state index in [0.717, 1.165) is 5.56 Å². The number of hydrogen-bond acceptors (Lipinski definition) is 5. The van der Waals surface area contributed by atoms with Crippen LogP contribution in [0.2, 0.25) is 0 Å². The molecule has 0 saturated heterocycles. The summed E-state index contributed by atoms with van der Waals surface area (Å²) in [5, 5.41) is 16.2. The number of anilines is 2. The Balaban J connectivity index is 2.28. The second-order valence-corrected chi connectivity index (χ2v) is 4.36. The molecule has 0 bridgehead atoms. The third-order valence-corrected chi connectivity index (χ3v) is 2.97. The molecule has 0 saturated carbocycles. The molecule has 1 heterocycles. The molecule has 2 aromatic rings. The maximum atomic E-state index is 12.2. The van der Waals surface area contributed by atoms with Crippen LogP contribution in [0.15, 0.2) is 36.5 Å². The number of amides is 1. The molecule has 21 heavy (non-hydrogen) atoms. The third-order valence-electron chi connectivity index (χ3n) is 2.97. The summed E-state index contributed by atoms with van der Waals surface area (Å²) in [4.78, 5) is 26.6. The topological polar surface area (TPSA) is 97.2 Å². The van der Waals surface area contributed by atoms with E-state index in [1.807, 2.05) is 13.0 Å². The van der Waals surface area contributed by atoms with Crippen LogP contribution in [-0.2, 0) is 0 Å². The molecule has 0 radical (unpaired) electrons. The fraction of sp³-hybridized carbons (Fsp3) is 0.143. The summed E-state index contributed by atoms with van der Waals surface area (Å²) in [6.45, 7) is 1.83. The van der Waals surface area contributed by atoms with Gasteiger partial charge in [-0.1, -0.05) is 6.07 Å². The number of nitro groups is 1. The quantitative estimate of drug-likeness (QED) is 0.665. The van der Waals surface area contributed by atoms with Crippen LogP contribution < -0.4 is 10.6 Å². The first-order valence-corrected chi connectivity index (χ1v) is 6.22. The standard InChI is InChI=1S/C14H14N4O3/c1-9-4-3-7-16-13(9)17-14(19)10-5-6-12(18(20)21)11(8-10)15-2/h3-8,15H,1-2H3,(H,16,17,19). The Labute approximate surface area is 121 Å². The van der Waals surface area contributed by atoms with Crippen LogP contribution in [0.5, 0.6) is 0 Å².